The summed E-state index contributed by atoms with van der Waals surface area (Å²) < 4.78 is 5.34. The second-order valence-electron chi connectivity index (χ2n) is 5.79. The lowest BCUT2D eigenvalue weighted by atomic mass is 10.3. The number of ether oxygens (including phenoxy) is 1. The van der Waals surface area contributed by atoms with Crippen molar-refractivity contribution in [2.75, 3.05) is 60.0 Å². The van der Waals surface area contributed by atoms with Gasteiger partial charge < -0.3 is 20.3 Å². The maximum absolute atomic E-state index is 11.7. The minimum absolute atomic E-state index is 0. The number of aliphatic imine (C=N–C) groups is 1. The van der Waals surface area contributed by atoms with Crippen LogP contribution in [0.25, 0.3) is 0 Å². The van der Waals surface area contributed by atoms with Gasteiger partial charge in [0.1, 0.15) is 6.54 Å². The predicted octanol–water partition coefficient (Wildman–Crippen LogP) is 0.359. The van der Waals surface area contributed by atoms with Crippen LogP contribution in [-0.2, 0) is 9.53 Å². The van der Waals surface area contributed by atoms with Crippen LogP contribution in [0.15, 0.2) is 4.99 Å². The summed E-state index contributed by atoms with van der Waals surface area (Å²) in [7, 11) is 3.48. The number of carbonyl (C=O) groups excluding carboxylic acids is 1. The monoisotopic (exact) mass is 441 g/mol. The lowest BCUT2D eigenvalue weighted by Crippen LogP contribution is -2.46. The Morgan fingerprint density at radius 3 is 2.57 bits per heavy atom. The van der Waals surface area contributed by atoms with Crippen LogP contribution in [-0.4, -0.2) is 87.7 Å². The molecule has 0 aromatic rings. The number of hydrogen-bond donors (Lipinski definition) is 2. The van der Waals surface area contributed by atoms with Crippen molar-refractivity contribution in [1.82, 2.24) is 20.4 Å². The second kappa shape index (κ2) is 12.8. The molecule has 1 amide bonds. The average Bonchev–Trinajstić information content (AvgIpc) is 2.52. The van der Waals surface area contributed by atoms with E-state index < -0.39 is 0 Å². The zero-order chi connectivity index (χ0) is 16.4. The third-order valence-electron chi connectivity index (χ3n) is 3.69. The first-order valence-corrected chi connectivity index (χ1v) is 8.08. The molecule has 0 aliphatic carbocycles. The number of halogens is 1. The van der Waals surface area contributed by atoms with Crippen molar-refractivity contribution in [2.45, 2.75) is 26.3 Å². The maximum Gasteiger partial charge on any atom is 0.243 e. The van der Waals surface area contributed by atoms with E-state index in [9.17, 15) is 4.79 Å². The van der Waals surface area contributed by atoms with Crippen LogP contribution in [0.1, 0.15) is 20.3 Å². The van der Waals surface area contributed by atoms with Gasteiger partial charge in [-0.2, -0.15) is 0 Å². The van der Waals surface area contributed by atoms with Crippen molar-refractivity contribution < 1.29 is 9.53 Å². The Bertz CT molecular complexity index is 360. The van der Waals surface area contributed by atoms with Gasteiger partial charge in [-0.05, 0) is 13.3 Å². The highest BCUT2D eigenvalue weighted by Gasteiger charge is 2.11. The van der Waals surface area contributed by atoms with Crippen LogP contribution in [0.5, 0.6) is 0 Å². The third kappa shape index (κ3) is 9.98. The summed E-state index contributed by atoms with van der Waals surface area (Å²) in [5, 5.41) is 6.64. The van der Waals surface area contributed by atoms with E-state index in [1.807, 2.05) is 0 Å². The van der Waals surface area contributed by atoms with Gasteiger partial charge in [0.15, 0.2) is 5.96 Å². The molecule has 1 atom stereocenters. The molecule has 1 aliphatic rings. The van der Waals surface area contributed by atoms with Gasteiger partial charge in [0.25, 0.3) is 0 Å². The standard InChI is InChI=1S/C15H31N5O2.HI/c1-5-13(2)18-15(17-12-14(21)19(3)4)16-6-7-20-8-10-22-11-9-20;/h13H,5-12H2,1-4H3,(H2,16,17,18);1H. The number of nitrogens with one attached hydrogen (secondary N) is 2. The first kappa shape index (κ1) is 22.4. The second-order valence-corrected chi connectivity index (χ2v) is 5.79. The van der Waals surface area contributed by atoms with Crippen molar-refractivity contribution in [3.05, 3.63) is 0 Å². The molecule has 1 aliphatic heterocycles. The zero-order valence-corrected chi connectivity index (χ0v) is 17.1. The largest absolute Gasteiger partial charge is 0.379 e. The molecule has 0 radical (unpaired) electrons. The molecule has 2 N–H and O–H groups in total. The number of likely N-dealkylation sites (N-methyl/N-ethyl adjacent to an activating group) is 1. The van der Waals surface area contributed by atoms with Gasteiger partial charge in [0.2, 0.25) is 5.91 Å². The fraction of sp³-hybridized carbons (Fsp3) is 0.867. The van der Waals surface area contributed by atoms with Crippen LogP contribution < -0.4 is 10.6 Å². The summed E-state index contributed by atoms with van der Waals surface area (Å²) in [6.45, 7) is 9.72. The molecule has 1 fully saturated rings. The summed E-state index contributed by atoms with van der Waals surface area (Å²) in [5.41, 5.74) is 0. The Kier molecular flexibility index (Phi) is 12.4. The van der Waals surface area contributed by atoms with Gasteiger partial charge in [0.05, 0.1) is 13.2 Å². The van der Waals surface area contributed by atoms with E-state index in [4.69, 9.17) is 4.74 Å². The number of nitrogens with zero attached hydrogens (tertiary/aromatic N) is 3. The molecule has 7 nitrogen and oxygen atoms in total. The normalized spacial score (nSPS) is 17.1. The molecule has 8 heteroatoms. The van der Waals surface area contributed by atoms with E-state index in [0.717, 1.165) is 45.8 Å². The Morgan fingerprint density at radius 1 is 1.35 bits per heavy atom. The molecule has 0 aromatic carbocycles. The predicted molar refractivity (Wildman–Crippen MR) is 105 cm³/mol. The van der Waals surface area contributed by atoms with Gasteiger partial charge >= 0.3 is 0 Å². The first-order valence-electron chi connectivity index (χ1n) is 8.08. The molecule has 1 heterocycles. The Hall–Kier alpha value is -0.610. The summed E-state index contributed by atoms with van der Waals surface area (Å²) >= 11 is 0. The molecule has 0 bridgehead atoms. The van der Waals surface area contributed by atoms with Gasteiger partial charge in [-0.15, -0.1) is 24.0 Å². The minimum atomic E-state index is -0.00145. The number of guanidine groups is 1. The van der Waals surface area contributed by atoms with E-state index in [1.165, 1.54) is 0 Å². The van der Waals surface area contributed by atoms with Crippen molar-refractivity contribution in [3.8, 4) is 0 Å². The van der Waals surface area contributed by atoms with Crippen molar-refractivity contribution in [3.63, 3.8) is 0 Å². The highest BCUT2D eigenvalue weighted by Crippen LogP contribution is 1.95. The lowest BCUT2D eigenvalue weighted by Gasteiger charge is -2.27. The lowest BCUT2D eigenvalue weighted by molar-refractivity contribution is -0.127. The topological polar surface area (TPSA) is 69.2 Å². The zero-order valence-electron chi connectivity index (χ0n) is 14.8. The van der Waals surface area contributed by atoms with Gasteiger partial charge in [-0.1, -0.05) is 6.92 Å². The smallest absolute Gasteiger partial charge is 0.243 e. The summed E-state index contributed by atoms with van der Waals surface area (Å²) in [5.74, 6) is 0.705. The van der Waals surface area contributed by atoms with E-state index >= 15 is 0 Å². The minimum Gasteiger partial charge on any atom is -0.379 e. The van der Waals surface area contributed by atoms with Gasteiger partial charge in [-0.25, -0.2) is 4.99 Å². The van der Waals surface area contributed by atoms with Crippen molar-refractivity contribution in [2.24, 2.45) is 4.99 Å². The fourth-order valence-corrected chi connectivity index (χ4v) is 1.93. The maximum atomic E-state index is 11.7. The number of amides is 1. The number of carbonyl (C=O) groups is 1. The first-order chi connectivity index (χ1) is 10.5. The summed E-state index contributed by atoms with van der Waals surface area (Å²) in [6.07, 6.45) is 1.01. The van der Waals surface area contributed by atoms with Crippen LogP contribution >= 0.6 is 24.0 Å². The SMILES string of the molecule is CCC(C)NC(=NCC(=O)N(C)C)NCCN1CCOCC1.I. The van der Waals surface area contributed by atoms with E-state index in [2.05, 4.69) is 34.4 Å². The van der Waals surface area contributed by atoms with E-state index in [0.29, 0.717) is 12.0 Å². The third-order valence-corrected chi connectivity index (χ3v) is 3.69. The fourth-order valence-electron chi connectivity index (χ4n) is 1.93. The average molecular weight is 441 g/mol. The molecule has 1 unspecified atom stereocenters. The van der Waals surface area contributed by atoms with E-state index in [-0.39, 0.29) is 36.4 Å². The molecule has 0 aromatic heterocycles. The number of morpholine rings is 1. The van der Waals surface area contributed by atoms with Crippen LogP contribution in [0.2, 0.25) is 0 Å². The van der Waals surface area contributed by atoms with Gasteiger partial charge in [-0.3, -0.25) is 9.69 Å². The van der Waals surface area contributed by atoms with Crippen LogP contribution in [0.3, 0.4) is 0 Å². The van der Waals surface area contributed by atoms with Crippen molar-refractivity contribution >= 4 is 35.8 Å². The Labute approximate surface area is 157 Å². The molecular formula is C15H32IN5O2. The molecule has 0 saturated carbocycles. The van der Waals surface area contributed by atoms with Crippen molar-refractivity contribution in [1.29, 1.82) is 0 Å². The summed E-state index contributed by atoms with van der Waals surface area (Å²) in [4.78, 5) is 20.0. The summed E-state index contributed by atoms with van der Waals surface area (Å²) in [6, 6.07) is 0.323. The molecule has 136 valence electrons. The molecule has 0 spiro atoms. The Morgan fingerprint density at radius 2 is 2.00 bits per heavy atom. The number of hydrogen-bond acceptors (Lipinski definition) is 4. The van der Waals surface area contributed by atoms with Gasteiger partial charge in [0, 0.05) is 46.3 Å². The Balaban J connectivity index is 0.00000484. The molecule has 1 saturated heterocycles. The quantitative estimate of drug-likeness (QED) is 0.339. The van der Waals surface area contributed by atoms with E-state index in [1.54, 1.807) is 19.0 Å². The molecular weight excluding hydrogens is 409 g/mol. The molecule has 23 heavy (non-hydrogen) atoms. The highest BCUT2D eigenvalue weighted by atomic mass is 127. The molecule has 1 rings (SSSR count). The number of rotatable bonds is 7. The van der Waals surface area contributed by atoms with Crippen LogP contribution in [0.4, 0.5) is 0 Å². The highest BCUT2D eigenvalue weighted by molar-refractivity contribution is 14.0. The van der Waals surface area contributed by atoms with Crippen LogP contribution in [0, 0.1) is 0 Å².